The molecule has 0 aliphatic heterocycles. The van der Waals surface area contributed by atoms with Crippen LogP contribution in [0.3, 0.4) is 0 Å². The van der Waals surface area contributed by atoms with E-state index in [2.05, 4.69) is 55.5 Å². The van der Waals surface area contributed by atoms with Gasteiger partial charge in [0, 0.05) is 12.8 Å². The molecule has 206 valence electrons. The summed E-state index contributed by atoms with van der Waals surface area (Å²) in [5.74, 6) is -1.45. The van der Waals surface area contributed by atoms with Crippen molar-refractivity contribution in [2.75, 3.05) is 41.0 Å². The molecule has 7 heteroatoms. The van der Waals surface area contributed by atoms with Crippen molar-refractivity contribution < 1.29 is 33.8 Å². The molecule has 0 aliphatic rings. The highest BCUT2D eigenvalue weighted by molar-refractivity contribution is 5.69. The molecular formula is C29H49NO6. The van der Waals surface area contributed by atoms with Crippen LogP contribution in [0.1, 0.15) is 71.1 Å². The fraction of sp³-hybridized carbons (Fsp3) is 0.655. The number of ether oxygens (including phenoxy) is 2. The van der Waals surface area contributed by atoms with Crippen LogP contribution in [-0.2, 0) is 19.1 Å². The van der Waals surface area contributed by atoms with Crippen molar-refractivity contribution >= 4 is 11.9 Å². The molecule has 36 heavy (non-hydrogen) atoms. The Labute approximate surface area is 218 Å². The van der Waals surface area contributed by atoms with Crippen molar-refractivity contribution in [3.05, 3.63) is 48.6 Å². The summed E-state index contributed by atoms with van der Waals surface area (Å²) in [7, 11) is 5.33. The van der Waals surface area contributed by atoms with Crippen LogP contribution in [0, 0.1) is 0 Å². The molecule has 2 unspecified atom stereocenters. The number of likely N-dealkylation sites (N-methyl/N-ethyl adjacent to an activating group) is 1. The Bertz CT molecular complexity index is 690. The second-order valence-corrected chi connectivity index (χ2v) is 9.75. The zero-order valence-electron chi connectivity index (χ0n) is 22.9. The number of aliphatic hydroxyl groups excluding tert-OH is 1. The molecule has 1 N–H and O–H groups in total. The third kappa shape index (κ3) is 21.1. The fourth-order valence-electron chi connectivity index (χ4n) is 3.35. The first-order valence-electron chi connectivity index (χ1n) is 13.2. The first-order valence-corrected chi connectivity index (χ1v) is 13.2. The summed E-state index contributed by atoms with van der Waals surface area (Å²) in [6, 6.07) is -0.692. The lowest BCUT2D eigenvalue weighted by Gasteiger charge is -2.34. The molecule has 0 spiro atoms. The smallest absolute Gasteiger partial charge is 0.305 e. The number of allylic oxidation sites excluding steroid dienone is 8. The van der Waals surface area contributed by atoms with E-state index in [1.165, 1.54) is 0 Å². The number of aliphatic hydroxyl groups is 1. The number of rotatable bonds is 22. The number of hydrogen-bond donors (Lipinski definition) is 1. The van der Waals surface area contributed by atoms with Gasteiger partial charge in [-0.05, 0) is 44.9 Å². The number of quaternary nitrogens is 1. The Kier molecular flexibility index (Phi) is 20.7. The zero-order chi connectivity index (χ0) is 27.1. The summed E-state index contributed by atoms with van der Waals surface area (Å²) in [5, 5.41) is 21.1. The number of unbranched alkanes of at least 4 members (excludes halogenated alkanes) is 3. The third-order valence-corrected chi connectivity index (χ3v) is 5.46. The lowest BCUT2D eigenvalue weighted by molar-refractivity contribution is -0.889. The highest BCUT2D eigenvalue weighted by Crippen LogP contribution is 2.08. The molecule has 0 fully saturated rings. The Morgan fingerprint density at radius 1 is 0.861 bits per heavy atom. The second kappa shape index (κ2) is 22.0. The number of carbonyl (C=O) groups excluding carboxylic acids is 2. The minimum Gasteiger partial charge on any atom is -0.544 e. The van der Waals surface area contributed by atoms with Crippen molar-refractivity contribution in [3.8, 4) is 0 Å². The second-order valence-electron chi connectivity index (χ2n) is 9.75. The molecule has 0 aromatic rings. The molecule has 0 radical (unpaired) electrons. The largest absolute Gasteiger partial charge is 0.544 e. The van der Waals surface area contributed by atoms with E-state index >= 15 is 0 Å². The maximum atomic E-state index is 11.8. The van der Waals surface area contributed by atoms with Gasteiger partial charge in [0.15, 0.2) is 0 Å². The molecule has 0 aromatic heterocycles. The summed E-state index contributed by atoms with van der Waals surface area (Å²) in [6.07, 6.45) is 24.8. The SMILES string of the molecule is CC/C=C/C/C=C/C/C=C/C/C=C/CCCCCC(=O)OCC(O)COCCC(C(=O)[O-])[N+](C)(C)C. The van der Waals surface area contributed by atoms with Crippen LogP contribution >= 0.6 is 0 Å². The number of carbonyl (C=O) groups is 2. The van der Waals surface area contributed by atoms with Gasteiger partial charge in [0.2, 0.25) is 0 Å². The maximum absolute atomic E-state index is 11.8. The molecule has 0 bridgehead atoms. The first kappa shape index (κ1) is 33.8. The average molecular weight is 508 g/mol. The van der Waals surface area contributed by atoms with Crippen LogP contribution in [0.5, 0.6) is 0 Å². The standard InChI is InChI=1S/C29H49NO6/c1-5-6-7-8-9-10-11-12-13-14-15-16-17-18-19-20-21-28(32)36-25-26(31)24-35-23-22-27(29(33)34)30(2,3)4/h6-7,9-10,12-13,15-16,26-27,31H,5,8,11,14,17-25H2,1-4H3/b7-6+,10-9+,13-12+,16-15+. The monoisotopic (exact) mass is 507 g/mol. The first-order chi connectivity index (χ1) is 17.2. The quantitative estimate of drug-likeness (QED) is 0.103. The number of esters is 1. The van der Waals surface area contributed by atoms with Crippen molar-refractivity contribution in [1.82, 2.24) is 0 Å². The van der Waals surface area contributed by atoms with E-state index in [1.54, 1.807) is 21.1 Å². The number of aliphatic carboxylic acids is 1. The van der Waals surface area contributed by atoms with Gasteiger partial charge in [-0.15, -0.1) is 0 Å². The van der Waals surface area contributed by atoms with Crippen molar-refractivity contribution in [2.45, 2.75) is 83.3 Å². The topological polar surface area (TPSA) is 95.9 Å². The molecule has 2 atom stereocenters. The van der Waals surface area contributed by atoms with Crippen molar-refractivity contribution in [1.29, 1.82) is 0 Å². The predicted octanol–water partition coefficient (Wildman–Crippen LogP) is 3.88. The van der Waals surface area contributed by atoms with Crippen LogP contribution in [0.4, 0.5) is 0 Å². The minimum absolute atomic E-state index is 0.0148. The number of carboxylic acids is 1. The Morgan fingerprint density at radius 2 is 1.44 bits per heavy atom. The van der Waals surface area contributed by atoms with E-state index in [-0.39, 0.29) is 36.7 Å². The fourth-order valence-corrected chi connectivity index (χ4v) is 3.35. The van der Waals surface area contributed by atoms with Crippen LogP contribution in [0.25, 0.3) is 0 Å². The molecule has 0 amide bonds. The van der Waals surface area contributed by atoms with Gasteiger partial charge in [-0.1, -0.05) is 62.0 Å². The van der Waals surface area contributed by atoms with E-state index in [4.69, 9.17) is 9.47 Å². The highest BCUT2D eigenvalue weighted by atomic mass is 16.5. The van der Waals surface area contributed by atoms with Gasteiger partial charge in [-0.2, -0.15) is 0 Å². The van der Waals surface area contributed by atoms with Gasteiger partial charge in [0.25, 0.3) is 0 Å². The van der Waals surface area contributed by atoms with E-state index < -0.39 is 18.1 Å². The normalized spacial score (nSPS) is 14.4. The third-order valence-electron chi connectivity index (χ3n) is 5.46. The van der Waals surface area contributed by atoms with Crippen molar-refractivity contribution in [3.63, 3.8) is 0 Å². The van der Waals surface area contributed by atoms with Crippen LogP contribution in [0.2, 0.25) is 0 Å². The molecule has 0 heterocycles. The summed E-state index contributed by atoms with van der Waals surface area (Å²) in [4.78, 5) is 23.0. The summed E-state index contributed by atoms with van der Waals surface area (Å²) < 4.78 is 10.7. The highest BCUT2D eigenvalue weighted by Gasteiger charge is 2.24. The lowest BCUT2D eigenvalue weighted by atomic mass is 10.1. The predicted molar refractivity (Wildman–Crippen MR) is 143 cm³/mol. The summed E-state index contributed by atoms with van der Waals surface area (Å²) in [6.45, 7) is 2.18. The molecule has 0 aliphatic carbocycles. The molecular weight excluding hydrogens is 458 g/mol. The van der Waals surface area contributed by atoms with E-state index in [9.17, 15) is 19.8 Å². The van der Waals surface area contributed by atoms with Gasteiger partial charge in [-0.25, -0.2) is 0 Å². The van der Waals surface area contributed by atoms with Gasteiger partial charge < -0.3 is 29.0 Å². The van der Waals surface area contributed by atoms with Crippen LogP contribution < -0.4 is 5.11 Å². The zero-order valence-corrected chi connectivity index (χ0v) is 22.9. The minimum atomic E-state index is -1.13. The van der Waals surface area contributed by atoms with E-state index in [1.807, 2.05) is 0 Å². The Hall–Kier alpha value is -2.22. The molecule has 0 rings (SSSR count). The molecule has 0 saturated carbocycles. The maximum Gasteiger partial charge on any atom is 0.305 e. The molecule has 0 saturated heterocycles. The number of hydrogen-bond acceptors (Lipinski definition) is 6. The van der Waals surface area contributed by atoms with Gasteiger partial charge in [-0.3, -0.25) is 4.79 Å². The van der Waals surface area contributed by atoms with Gasteiger partial charge in [0.1, 0.15) is 18.8 Å². The van der Waals surface area contributed by atoms with E-state index in [0.717, 1.165) is 51.4 Å². The van der Waals surface area contributed by atoms with E-state index in [0.29, 0.717) is 6.42 Å². The lowest BCUT2D eigenvalue weighted by Crippen LogP contribution is -2.55. The van der Waals surface area contributed by atoms with Crippen molar-refractivity contribution in [2.24, 2.45) is 0 Å². The Morgan fingerprint density at radius 3 is 2.00 bits per heavy atom. The number of nitrogens with zero attached hydrogens (tertiary/aromatic N) is 1. The average Bonchev–Trinajstić information content (AvgIpc) is 2.81. The molecule has 7 nitrogen and oxygen atoms in total. The van der Waals surface area contributed by atoms with Crippen LogP contribution in [0.15, 0.2) is 48.6 Å². The number of carboxylic acid groups (broad SMARTS) is 1. The summed E-state index contributed by atoms with van der Waals surface area (Å²) in [5.41, 5.74) is 0. The van der Waals surface area contributed by atoms with Gasteiger partial charge >= 0.3 is 5.97 Å². The summed E-state index contributed by atoms with van der Waals surface area (Å²) >= 11 is 0. The van der Waals surface area contributed by atoms with Crippen LogP contribution in [-0.4, -0.2) is 74.6 Å². The van der Waals surface area contributed by atoms with Gasteiger partial charge in [0.05, 0.1) is 40.3 Å². The Balaban J connectivity index is 3.69. The molecule has 0 aromatic carbocycles.